The molecule has 1 amide bonds. The zero-order valence-electron chi connectivity index (χ0n) is 16.2. The molecule has 0 aliphatic heterocycles. The van der Waals surface area contributed by atoms with Crippen molar-refractivity contribution in [3.8, 4) is 0 Å². The number of aryl methyl sites for hydroxylation is 1. The van der Waals surface area contributed by atoms with Crippen LogP contribution in [0.3, 0.4) is 0 Å². The Labute approximate surface area is 168 Å². The molecule has 0 aliphatic carbocycles. The van der Waals surface area contributed by atoms with Crippen molar-refractivity contribution in [1.29, 1.82) is 0 Å². The molecule has 0 saturated carbocycles. The maximum atomic E-state index is 12.8. The third-order valence-corrected chi connectivity index (χ3v) is 5.37. The van der Waals surface area contributed by atoms with Crippen LogP contribution in [0.25, 0.3) is 21.9 Å². The number of carbonyl (C=O) groups excluding carboxylic acids is 1. The van der Waals surface area contributed by atoms with Crippen molar-refractivity contribution in [2.45, 2.75) is 32.2 Å². The lowest BCUT2D eigenvalue weighted by Crippen LogP contribution is -2.20. The van der Waals surface area contributed by atoms with Crippen LogP contribution in [-0.4, -0.2) is 26.3 Å². The van der Waals surface area contributed by atoms with E-state index in [4.69, 9.17) is 0 Å². The fourth-order valence-corrected chi connectivity index (χ4v) is 4.08. The van der Waals surface area contributed by atoms with E-state index in [1.165, 1.54) is 5.52 Å². The first-order valence-corrected chi connectivity index (χ1v) is 10.9. The van der Waals surface area contributed by atoms with E-state index in [2.05, 4.69) is 40.1 Å². The Hall–Kier alpha value is -2.73. The number of amides is 1. The van der Waals surface area contributed by atoms with Crippen LogP contribution in [0.1, 0.15) is 19.2 Å². The molecule has 0 unspecified atom stereocenters. The first kappa shape index (κ1) is 18.6. The summed E-state index contributed by atoms with van der Waals surface area (Å²) in [5, 5.41) is 4.19. The SMILES string of the molecule is CCCn1ccc2cc(NC(=O)Cn3c(CSC)nc4ccccc43)ccc21. The highest BCUT2D eigenvalue weighted by Gasteiger charge is 2.13. The van der Waals surface area contributed by atoms with Crippen molar-refractivity contribution < 1.29 is 4.79 Å². The number of nitrogens with one attached hydrogen (secondary N) is 1. The van der Waals surface area contributed by atoms with Gasteiger partial charge in [0.1, 0.15) is 12.4 Å². The van der Waals surface area contributed by atoms with Crippen LogP contribution in [0.2, 0.25) is 0 Å². The lowest BCUT2D eigenvalue weighted by atomic mass is 10.2. The van der Waals surface area contributed by atoms with Crippen molar-refractivity contribution in [3.05, 3.63) is 60.6 Å². The normalized spacial score (nSPS) is 11.4. The molecule has 144 valence electrons. The molecule has 0 saturated heterocycles. The minimum atomic E-state index is -0.0437. The first-order chi connectivity index (χ1) is 13.7. The van der Waals surface area contributed by atoms with Gasteiger partial charge in [-0.15, -0.1) is 0 Å². The third kappa shape index (κ3) is 3.64. The van der Waals surface area contributed by atoms with E-state index in [0.717, 1.165) is 46.6 Å². The maximum Gasteiger partial charge on any atom is 0.244 e. The lowest BCUT2D eigenvalue weighted by molar-refractivity contribution is -0.116. The van der Waals surface area contributed by atoms with Crippen LogP contribution < -0.4 is 5.32 Å². The molecular formula is C22H24N4OS. The summed E-state index contributed by atoms with van der Waals surface area (Å²) >= 11 is 1.71. The van der Waals surface area contributed by atoms with Gasteiger partial charge < -0.3 is 14.5 Å². The number of thioether (sulfide) groups is 1. The third-order valence-electron chi connectivity index (χ3n) is 4.83. The molecule has 2 aromatic heterocycles. The van der Waals surface area contributed by atoms with Crippen LogP contribution in [0.15, 0.2) is 54.7 Å². The molecule has 0 fully saturated rings. The summed E-state index contributed by atoms with van der Waals surface area (Å²) in [7, 11) is 0. The number of aromatic nitrogens is 3. The Balaban J connectivity index is 1.55. The minimum Gasteiger partial charge on any atom is -0.347 e. The number of fused-ring (bicyclic) bond motifs is 2. The van der Waals surface area contributed by atoms with Crippen molar-refractivity contribution in [3.63, 3.8) is 0 Å². The molecule has 2 aromatic carbocycles. The van der Waals surface area contributed by atoms with E-state index in [1.807, 2.05) is 47.2 Å². The lowest BCUT2D eigenvalue weighted by Gasteiger charge is -2.10. The molecule has 2 heterocycles. The number of rotatable bonds is 7. The fourth-order valence-electron chi connectivity index (χ4n) is 3.60. The molecule has 4 aromatic rings. The molecule has 6 heteroatoms. The van der Waals surface area contributed by atoms with Gasteiger partial charge in [-0.05, 0) is 49.1 Å². The van der Waals surface area contributed by atoms with Crippen LogP contribution in [0, 0.1) is 0 Å². The maximum absolute atomic E-state index is 12.8. The quantitative estimate of drug-likeness (QED) is 0.486. The Bertz CT molecular complexity index is 1130. The summed E-state index contributed by atoms with van der Waals surface area (Å²) in [5.74, 6) is 1.66. The van der Waals surface area contributed by atoms with Gasteiger partial charge in [-0.2, -0.15) is 11.8 Å². The summed E-state index contributed by atoms with van der Waals surface area (Å²) in [6, 6.07) is 16.1. The average Bonchev–Trinajstić information content (AvgIpc) is 3.24. The molecule has 0 aliphatic rings. The van der Waals surface area contributed by atoms with Crippen molar-refractivity contribution in [2.24, 2.45) is 0 Å². The summed E-state index contributed by atoms with van der Waals surface area (Å²) in [6.45, 7) is 3.43. The van der Waals surface area contributed by atoms with Crippen LogP contribution in [0.4, 0.5) is 5.69 Å². The van der Waals surface area contributed by atoms with E-state index in [1.54, 1.807) is 11.8 Å². The number of carbonyl (C=O) groups is 1. The van der Waals surface area contributed by atoms with Gasteiger partial charge in [0.25, 0.3) is 0 Å². The minimum absolute atomic E-state index is 0.0437. The van der Waals surface area contributed by atoms with Gasteiger partial charge in [-0.25, -0.2) is 4.98 Å². The second kappa shape index (κ2) is 8.10. The molecule has 0 atom stereocenters. The molecule has 28 heavy (non-hydrogen) atoms. The summed E-state index contributed by atoms with van der Waals surface area (Å²) in [4.78, 5) is 17.4. The Morgan fingerprint density at radius 1 is 1.14 bits per heavy atom. The predicted molar refractivity (Wildman–Crippen MR) is 118 cm³/mol. The van der Waals surface area contributed by atoms with Crippen molar-refractivity contribution in [1.82, 2.24) is 14.1 Å². The van der Waals surface area contributed by atoms with E-state index < -0.39 is 0 Å². The Morgan fingerprint density at radius 3 is 2.82 bits per heavy atom. The van der Waals surface area contributed by atoms with Crippen LogP contribution >= 0.6 is 11.8 Å². The highest BCUT2D eigenvalue weighted by atomic mass is 32.2. The molecule has 5 nitrogen and oxygen atoms in total. The summed E-state index contributed by atoms with van der Waals surface area (Å²) in [6.07, 6.45) is 5.25. The number of nitrogens with zero attached hydrogens (tertiary/aromatic N) is 3. The van der Waals surface area contributed by atoms with Crippen molar-refractivity contribution >= 4 is 45.3 Å². The topological polar surface area (TPSA) is 51.9 Å². The molecule has 0 spiro atoms. The summed E-state index contributed by atoms with van der Waals surface area (Å²) in [5.41, 5.74) is 3.94. The zero-order valence-corrected chi connectivity index (χ0v) is 17.0. The summed E-state index contributed by atoms with van der Waals surface area (Å²) < 4.78 is 4.25. The highest BCUT2D eigenvalue weighted by molar-refractivity contribution is 7.97. The van der Waals surface area contributed by atoms with Crippen LogP contribution in [-0.2, 0) is 23.6 Å². The largest absolute Gasteiger partial charge is 0.347 e. The first-order valence-electron chi connectivity index (χ1n) is 9.51. The van der Waals surface area contributed by atoms with Gasteiger partial charge >= 0.3 is 0 Å². The second-order valence-corrected chi connectivity index (χ2v) is 7.73. The number of benzene rings is 2. The van der Waals surface area contributed by atoms with Crippen LogP contribution in [0.5, 0.6) is 0 Å². The molecule has 0 bridgehead atoms. The fraction of sp³-hybridized carbons (Fsp3) is 0.273. The molecule has 1 N–H and O–H groups in total. The molecule has 0 radical (unpaired) electrons. The Morgan fingerprint density at radius 2 is 2.00 bits per heavy atom. The molecular weight excluding hydrogens is 368 g/mol. The number of para-hydroxylation sites is 2. The predicted octanol–water partition coefficient (Wildman–Crippen LogP) is 4.90. The van der Waals surface area contributed by atoms with Gasteiger partial charge in [0.15, 0.2) is 0 Å². The van der Waals surface area contributed by atoms with Gasteiger partial charge in [-0.3, -0.25) is 4.79 Å². The zero-order chi connectivity index (χ0) is 19.5. The monoisotopic (exact) mass is 392 g/mol. The molecule has 4 rings (SSSR count). The standard InChI is InChI=1S/C22H24N4OS/c1-3-11-25-12-10-16-13-17(8-9-19(16)25)23-22(27)14-26-20-7-5-4-6-18(20)24-21(26)15-28-2/h4-10,12-13H,3,11,14-15H2,1-2H3,(H,23,27). The Kier molecular flexibility index (Phi) is 5.39. The smallest absolute Gasteiger partial charge is 0.244 e. The van der Waals surface area contributed by atoms with Gasteiger partial charge in [0.05, 0.1) is 16.8 Å². The number of imidazole rings is 1. The van der Waals surface area contributed by atoms with E-state index in [9.17, 15) is 4.79 Å². The highest BCUT2D eigenvalue weighted by Crippen LogP contribution is 2.22. The van der Waals surface area contributed by atoms with E-state index >= 15 is 0 Å². The van der Waals surface area contributed by atoms with Crippen molar-refractivity contribution in [2.75, 3.05) is 11.6 Å². The van der Waals surface area contributed by atoms with Gasteiger partial charge in [0, 0.05) is 29.3 Å². The second-order valence-electron chi connectivity index (χ2n) is 6.87. The number of anilines is 1. The number of hydrogen-bond acceptors (Lipinski definition) is 3. The number of hydrogen-bond donors (Lipinski definition) is 1. The van der Waals surface area contributed by atoms with Gasteiger partial charge in [0.2, 0.25) is 5.91 Å². The van der Waals surface area contributed by atoms with E-state index in [-0.39, 0.29) is 12.5 Å². The van der Waals surface area contributed by atoms with Gasteiger partial charge in [-0.1, -0.05) is 19.1 Å². The van der Waals surface area contributed by atoms with E-state index in [0.29, 0.717) is 0 Å². The average molecular weight is 393 g/mol.